The zero-order chi connectivity index (χ0) is 19.3. The highest BCUT2D eigenvalue weighted by Crippen LogP contribution is 2.49. The van der Waals surface area contributed by atoms with Crippen LogP contribution < -0.4 is 10.6 Å². The molecule has 0 radical (unpaired) electrons. The van der Waals surface area contributed by atoms with Gasteiger partial charge in [0, 0.05) is 11.8 Å². The third kappa shape index (κ3) is 4.91. The zero-order valence-electron chi connectivity index (χ0n) is 15.8. The number of rotatable bonds is 5. The lowest BCUT2D eigenvalue weighted by atomic mass is 9.92. The molecule has 2 N–H and O–H groups in total. The van der Waals surface area contributed by atoms with E-state index in [0.717, 1.165) is 51.4 Å². The Morgan fingerprint density at radius 2 is 1.70 bits per heavy atom. The van der Waals surface area contributed by atoms with E-state index in [1.54, 1.807) is 16.7 Å². The molecule has 2 aliphatic carbocycles. The van der Waals surface area contributed by atoms with E-state index in [0.29, 0.717) is 5.75 Å². The third-order valence-electron chi connectivity index (χ3n) is 5.98. The minimum atomic E-state index is -0.449. The summed E-state index contributed by atoms with van der Waals surface area (Å²) >= 11 is 7.27. The van der Waals surface area contributed by atoms with E-state index in [9.17, 15) is 14.4 Å². The summed E-state index contributed by atoms with van der Waals surface area (Å²) in [6.07, 6.45) is 10.7. The molecule has 6 nitrogen and oxygen atoms in total. The summed E-state index contributed by atoms with van der Waals surface area (Å²) in [4.78, 5) is 39.0. The van der Waals surface area contributed by atoms with Crippen LogP contribution in [0.1, 0.15) is 64.2 Å². The summed E-state index contributed by atoms with van der Waals surface area (Å²) in [5.74, 6) is -0.109. The molecule has 3 rings (SSSR count). The maximum atomic E-state index is 13.0. The fourth-order valence-corrected chi connectivity index (χ4v) is 6.41. The molecule has 3 fully saturated rings. The zero-order valence-corrected chi connectivity index (χ0v) is 17.4. The Kier molecular flexibility index (Phi) is 7.31. The minimum absolute atomic E-state index is 0.0335. The number of nitrogens with zero attached hydrogens (tertiary/aromatic N) is 1. The van der Waals surface area contributed by atoms with Crippen molar-refractivity contribution in [2.24, 2.45) is 0 Å². The van der Waals surface area contributed by atoms with Crippen LogP contribution >= 0.6 is 23.4 Å². The van der Waals surface area contributed by atoms with Gasteiger partial charge in [-0.25, -0.2) is 0 Å². The van der Waals surface area contributed by atoms with Crippen molar-refractivity contribution in [2.75, 3.05) is 18.2 Å². The minimum Gasteiger partial charge on any atom is -0.352 e. The highest BCUT2D eigenvalue weighted by Gasteiger charge is 2.52. The normalized spacial score (nSPS) is 25.4. The van der Waals surface area contributed by atoms with E-state index < -0.39 is 6.04 Å². The van der Waals surface area contributed by atoms with Crippen molar-refractivity contribution >= 4 is 41.1 Å². The number of carbonyl (C=O) groups is 3. The molecule has 2 saturated carbocycles. The molecule has 1 spiro atoms. The molecule has 1 atom stereocenters. The van der Waals surface area contributed by atoms with Gasteiger partial charge in [0.05, 0.1) is 11.4 Å². The largest absolute Gasteiger partial charge is 0.352 e. The van der Waals surface area contributed by atoms with Gasteiger partial charge >= 0.3 is 0 Å². The Bertz CT molecular complexity index is 562. The highest BCUT2D eigenvalue weighted by atomic mass is 35.5. The molecule has 27 heavy (non-hydrogen) atoms. The predicted octanol–water partition coefficient (Wildman–Crippen LogP) is 2.39. The molecule has 1 heterocycles. The molecule has 1 saturated heterocycles. The quantitative estimate of drug-likeness (QED) is 0.676. The van der Waals surface area contributed by atoms with Gasteiger partial charge in [0.1, 0.15) is 11.9 Å². The van der Waals surface area contributed by atoms with E-state index in [4.69, 9.17) is 11.6 Å². The van der Waals surface area contributed by atoms with Crippen molar-refractivity contribution in [2.45, 2.75) is 81.2 Å². The number of halogens is 1. The summed E-state index contributed by atoms with van der Waals surface area (Å²) in [5, 5.41) is 5.76. The van der Waals surface area contributed by atoms with Gasteiger partial charge < -0.3 is 15.5 Å². The number of amides is 3. The Morgan fingerprint density at radius 3 is 2.37 bits per heavy atom. The topological polar surface area (TPSA) is 78.5 Å². The van der Waals surface area contributed by atoms with Crippen molar-refractivity contribution < 1.29 is 14.4 Å². The lowest BCUT2D eigenvalue weighted by Gasteiger charge is -2.42. The highest BCUT2D eigenvalue weighted by molar-refractivity contribution is 8.01. The monoisotopic (exact) mass is 415 g/mol. The molecule has 0 aromatic carbocycles. The van der Waals surface area contributed by atoms with Gasteiger partial charge in [-0.3, -0.25) is 14.4 Å². The summed E-state index contributed by atoms with van der Waals surface area (Å²) < 4.78 is 0. The van der Waals surface area contributed by atoms with E-state index in [-0.39, 0.29) is 41.1 Å². The van der Waals surface area contributed by atoms with Gasteiger partial charge in [-0.15, -0.1) is 23.4 Å². The predicted molar refractivity (Wildman–Crippen MR) is 108 cm³/mol. The maximum absolute atomic E-state index is 13.0. The summed E-state index contributed by atoms with van der Waals surface area (Å²) in [6.45, 7) is -0.0962. The van der Waals surface area contributed by atoms with Crippen LogP contribution in [0.2, 0.25) is 0 Å². The second kappa shape index (κ2) is 9.50. The average Bonchev–Trinajstić information content (AvgIpc) is 3.05. The van der Waals surface area contributed by atoms with Crippen molar-refractivity contribution in [3.63, 3.8) is 0 Å². The second-order valence-corrected chi connectivity index (χ2v) is 9.50. The van der Waals surface area contributed by atoms with E-state index in [1.165, 1.54) is 12.8 Å². The van der Waals surface area contributed by atoms with Gasteiger partial charge in [-0.05, 0) is 25.7 Å². The Morgan fingerprint density at radius 1 is 1.04 bits per heavy atom. The van der Waals surface area contributed by atoms with Gasteiger partial charge in [-0.1, -0.05) is 38.5 Å². The Hall–Kier alpha value is -0.950. The number of thioether (sulfide) groups is 1. The number of hydrogen-bond acceptors (Lipinski definition) is 4. The first-order valence-electron chi connectivity index (χ1n) is 10.1. The van der Waals surface area contributed by atoms with Crippen LogP contribution in [-0.2, 0) is 14.4 Å². The fourth-order valence-electron chi connectivity index (χ4n) is 4.60. The summed E-state index contributed by atoms with van der Waals surface area (Å²) in [5.41, 5.74) is 0. The van der Waals surface area contributed by atoms with Crippen LogP contribution in [0.4, 0.5) is 0 Å². The Labute approximate surface area is 170 Å². The molecular weight excluding hydrogens is 386 g/mol. The van der Waals surface area contributed by atoms with Crippen molar-refractivity contribution in [3.8, 4) is 0 Å². The molecule has 3 amide bonds. The first kappa shape index (κ1) is 20.8. The molecule has 0 aromatic heterocycles. The molecule has 0 unspecified atom stereocenters. The van der Waals surface area contributed by atoms with Crippen molar-refractivity contribution in [3.05, 3.63) is 0 Å². The summed E-state index contributed by atoms with van der Waals surface area (Å²) in [7, 11) is 0. The summed E-state index contributed by atoms with van der Waals surface area (Å²) in [6, 6.07) is -0.220. The number of hydrogen-bond donors (Lipinski definition) is 2. The van der Waals surface area contributed by atoms with Gasteiger partial charge in [0.25, 0.3) is 0 Å². The third-order valence-corrected chi connectivity index (χ3v) is 7.84. The molecular formula is C19H30ClN3O3S. The number of alkyl halides is 1. The molecule has 0 aromatic rings. The number of carbonyl (C=O) groups excluding carboxylic acids is 3. The van der Waals surface area contributed by atoms with Crippen molar-refractivity contribution in [1.29, 1.82) is 0 Å². The maximum Gasteiger partial charge on any atom is 0.243 e. The molecule has 152 valence electrons. The SMILES string of the molecule is O=C(CCl)NCC(=O)N1[C@H](C(=O)NC2CCCCC2)CSC12CCCCC2. The van der Waals surface area contributed by atoms with Crippen LogP contribution in [0.5, 0.6) is 0 Å². The second-order valence-electron chi connectivity index (χ2n) is 7.85. The average molecular weight is 416 g/mol. The molecule has 3 aliphatic rings. The van der Waals surface area contributed by atoms with Gasteiger partial charge in [-0.2, -0.15) is 0 Å². The number of nitrogens with one attached hydrogen (secondary N) is 2. The lowest BCUT2D eigenvalue weighted by molar-refractivity contribution is -0.143. The van der Waals surface area contributed by atoms with Crippen LogP contribution in [0.3, 0.4) is 0 Å². The van der Waals surface area contributed by atoms with Gasteiger partial charge in [0.2, 0.25) is 17.7 Å². The fraction of sp³-hybridized carbons (Fsp3) is 0.842. The van der Waals surface area contributed by atoms with E-state index >= 15 is 0 Å². The first-order valence-corrected chi connectivity index (χ1v) is 11.7. The van der Waals surface area contributed by atoms with Crippen LogP contribution in [0.15, 0.2) is 0 Å². The lowest BCUT2D eigenvalue weighted by Crippen LogP contribution is -2.58. The molecule has 8 heteroatoms. The van der Waals surface area contributed by atoms with E-state index in [1.807, 2.05) is 0 Å². The molecule has 1 aliphatic heterocycles. The Balaban J connectivity index is 1.71. The van der Waals surface area contributed by atoms with Crippen LogP contribution in [-0.4, -0.2) is 57.8 Å². The van der Waals surface area contributed by atoms with Crippen LogP contribution in [0.25, 0.3) is 0 Å². The standard InChI is InChI=1S/C19H30ClN3O3S/c20-11-16(24)21-12-17(25)23-15(13-27-19(23)9-5-2-6-10-19)18(26)22-14-7-3-1-4-8-14/h14-15H,1-13H2,(H,21,24)(H,22,26)/t15-/m0/s1. The molecule has 0 bridgehead atoms. The van der Waals surface area contributed by atoms with Gasteiger partial charge in [0.15, 0.2) is 0 Å². The smallest absolute Gasteiger partial charge is 0.243 e. The van der Waals surface area contributed by atoms with Crippen LogP contribution in [0, 0.1) is 0 Å². The first-order chi connectivity index (χ1) is 13.1. The van der Waals surface area contributed by atoms with E-state index in [2.05, 4.69) is 10.6 Å². The van der Waals surface area contributed by atoms with Crippen molar-refractivity contribution in [1.82, 2.24) is 15.5 Å².